The van der Waals surface area contributed by atoms with Gasteiger partial charge in [-0.05, 0) is 47.2 Å². The van der Waals surface area contributed by atoms with Crippen molar-refractivity contribution in [3.05, 3.63) is 47.0 Å². The number of carbonyl (C=O) groups is 1. The standard InChI is InChI=1S/C14H12O/c15-9-11-8-10-4-1-2-5-12(10)14-7-3-6-13(11)14/h1-2,4-5,8-9H,3,6-7H2. The number of fused-ring (bicyclic) bond motifs is 3. The van der Waals surface area contributed by atoms with Crippen molar-refractivity contribution in [1.82, 2.24) is 0 Å². The molecule has 0 aromatic heterocycles. The Bertz CT molecular complexity index is 540. The second-order valence-corrected chi connectivity index (χ2v) is 4.12. The number of aryl methyl sites for hydroxylation is 1. The lowest BCUT2D eigenvalue weighted by Gasteiger charge is -2.07. The van der Waals surface area contributed by atoms with Crippen molar-refractivity contribution in [2.45, 2.75) is 19.3 Å². The van der Waals surface area contributed by atoms with E-state index < -0.39 is 0 Å². The Balaban J connectivity index is 2.45. The number of carbonyl (C=O) groups excluding carboxylic acids is 1. The van der Waals surface area contributed by atoms with Gasteiger partial charge in [-0.1, -0.05) is 24.3 Å². The first-order valence-corrected chi connectivity index (χ1v) is 5.39. The van der Waals surface area contributed by atoms with Crippen LogP contribution in [0.15, 0.2) is 30.3 Å². The molecule has 15 heavy (non-hydrogen) atoms. The highest BCUT2D eigenvalue weighted by molar-refractivity contribution is 5.94. The minimum atomic E-state index is 0.890. The number of benzene rings is 2. The molecule has 2 aromatic rings. The fourth-order valence-electron chi connectivity index (χ4n) is 2.62. The summed E-state index contributed by atoms with van der Waals surface area (Å²) in [4.78, 5) is 11.0. The molecule has 0 atom stereocenters. The van der Waals surface area contributed by atoms with E-state index in [1.54, 1.807) is 0 Å². The highest BCUT2D eigenvalue weighted by Gasteiger charge is 2.17. The Morgan fingerprint density at radius 1 is 1.07 bits per heavy atom. The zero-order valence-corrected chi connectivity index (χ0v) is 8.49. The molecule has 2 aromatic carbocycles. The fraction of sp³-hybridized carbons (Fsp3) is 0.214. The molecule has 0 bridgehead atoms. The lowest BCUT2D eigenvalue weighted by atomic mass is 9.97. The molecule has 1 aliphatic carbocycles. The second-order valence-electron chi connectivity index (χ2n) is 4.12. The first kappa shape index (κ1) is 8.66. The maximum absolute atomic E-state index is 11.0. The predicted molar refractivity (Wildman–Crippen MR) is 61.4 cm³/mol. The molecule has 0 radical (unpaired) electrons. The highest BCUT2D eigenvalue weighted by atomic mass is 16.1. The summed E-state index contributed by atoms with van der Waals surface area (Å²) in [6.07, 6.45) is 4.37. The van der Waals surface area contributed by atoms with Crippen LogP contribution in [-0.4, -0.2) is 6.29 Å². The largest absolute Gasteiger partial charge is 0.298 e. The van der Waals surface area contributed by atoms with Crippen molar-refractivity contribution in [2.75, 3.05) is 0 Å². The van der Waals surface area contributed by atoms with E-state index in [9.17, 15) is 4.79 Å². The van der Waals surface area contributed by atoms with Crippen LogP contribution in [0.2, 0.25) is 0 Å². The van der Waals surface area contributed by atoms with Gasteiger partial charge in [0.1, 0.15) is 6.29 Å². The highest BCUT2D eigenvalue weighted by Crippen LogP contribution is 2.32. The van der Waals surface area contributed by atoms with Crippen LogP contribution in [0, 0.1) is 0 Å². The van der Waals surface area contributed by atoms with Crippen LogP contribution in [0.1, 0.15) is 27.9 Å². The van der Waals surface area contributed by atoms with Gasteiger partial charge in [-0.3, -0.25) is 4.79 Å². The summed E-state index contributed by atoms with van der Waals surface area (Å²) in [5.41, 5.74) is 3.57. The van der Waals surface area contributed by atoms with E-state index in [1.165, 1.54) is 28.3 Å². The molecule has 0 saturated heterocycles. The van der Waals surface area contributed by atoms with Crippen LogP contribution < -0.4 is 0 Å². The molecule has 0 spiro atoms. The molecule has 0 unspecified atom stereocenters. The Kier molecular flexibility index (Phi) is 1.84. The van der Waals surface area contributed by atoms with Gasteiger partial charge in [-0.15, -0.1) is 0 Å². The monoisotopic (exact) mass is 196 g/mol. The number of rotatable bonds is 1. The summed E-state index contributed by atoms with van der Waals surface area (Å²) in [5, 5.41) is 2.52. The molecule has 0 saturated carbocycles. The first-order chi connectivity index (χ1) is 7.40. The maximum Gasteiger partial charge on any atom is 0.150 e. The molecule has 0 amide bonds. The van der Waals surface area contributed by atoms with Crippen LogP contribution in [0.4, 0.5) is 0 Å². The molecule has 1 aliphatic rings. The summed E-state index contributed by atoms with van der Waals surface area (Å²) in [6.45, 7) is 0. The Labute approximate surface area is 88.7 Å². The van der Waals surface area contributed by atoms with E-state index in [-0.39, 0.29) is 0 Å². The zero-order valence-electron chi connectivity index (χ0n) is 8.49. The van der Waals surface area contributed by atoms with Crippen LogP contribution >= 0.6 is 0 Å². The topological polar surface area (TPSA) is 17.1 Å². The van der Waals surface area contributed by atoms with E-state index in [0.717, 1.165) is 24.7 Å². The van der Waals surface area contributed by atoms with Crippen molar-refractivity contribution in [1.29, 1.82) is 0 Å². The lowest BCUT2D eigenvalue weighted by Crippen LogP contribution is -1.92. The van der Waals surface area contributed by atoms with Crippen molar-refractivity contribution in [3.8, 4) is 0 Å². The maximum atomic E-state index is 11.0. The van der Waals surface area contributed by atoms with Crippen LogP contribution in [0.25, 0.3) is 10.8 Å². The van der Waals surface area contributed by atoms with Gasteiger partial charge >= 0.3 is 0 Å². The first-order valence-electron chi connectivity index (χ1n) is 5.39. The van der Waals surface area contributed by atoms with Gasteiger partial charge in [-0.25, -0.2) is 0 Å². The third-order valence-electron chi connectivity index (χ3n) is 3.29. The van der Waals surface area contributed by atoms with Gasteiger partial charge < -0.3 is 0 Å². The number of hydrogen-bond acceptors (Lipinski definition) is 1. The van der Waals surface area contributed by atoms with Crippen LogP contribution in [0.3, 0.4) is 0 Å². The fourth-order valence-corrected chi connectivity index (χ4v) is 2.62. The zero-order chi connectivity index (χ0) is 10.3. The van der Waals surface area contributed by atoms with E-state index in [2.05, 4.69) is 18.2 Å². The number of hydrogen-bond donors (Lipinski definition) is 0. The molecule has 1 nitrogen and oxygen atoms in total. The predicted octanol–water partition coefficient (Wildman–Crippen LogP) is 3.14. The third-order valence-corrected chi connectivity index (χ3v) is 3.29. The quantitative estimate of drug-likeness (QED) is 0.640. The van der Waals surface area contributed by atoms with E-state index in [0.29, 0.717) is 0 Å². The van der Waals surface area contributed by atoms with Gasteiger partial charge in [0.15, 0.2) is 0 Å². The van der Waals surface area contributed by atoms with Crippen molar-refractivity contribution < 1.29 is 4.79 Å². The van der Waals surface area contributed by atoms with E-state index in [1.807, 2.05) is 12.1 Å². The van der Waals surface area contributed by atoms with E-state index >= 15 is 0 Å². The van der Waals surface area contributed by atoms with Crippen molar-refractivity contribution >= 4 is 17.1 Å². The Morgan fingerprint density at radius 3 is 2.73 bits per heavy atom. The smallest absolute Gasteiger partial charge is 0.150 e. The molecule has 0 fully saturated rings. The molecular weight excluding hydrogens is 184 g/mol. The molecule has 1 heteroatoms. The molecule has 0 aliphatic heterocycles. The van der Waals surface area contributed by atoms with Gasteiger partial charge in [0.2, 0.25) is 0 Å². The van der Waals surface area contributed by atoms with Crippen LogP contribution in [-0.2, 0) is 12.8 Å². The van der Waals surface area contributed by atoms with Gasteiger partial charge in [-0.2, -0.15) is 0 Å². The average Bonchev–Trinajstić information content (AvgIpc) is 2.77. The van der Waals surface area contributed by atoms with Gasteiger partial charge in [0, 0.05) is 5.56 Å². The SMILES string of the molecule is O=Cc1cc2ccccc2c2c1CCC2. The summed E-state index contributed by atoms with van der Waals surface area (Å²) in [7, 11) is 0. The van der Waals surface area contributed by atoms with Gasteiger partial charge in [0.25, 0.3) is 0 Å². The Morgan fingerprint density at radius 2 is 1.87 bits per heavy atom. The molecular formula is C14H12O. The van der Waals surface area contributed by atoms with E-state index in [4.69, 9.17) is 0 Å². The average molecular weight is 196 g/mol. The lowest BCUT2D eigenvalue weighted by molar-refractivity contribution is 0.112. The van der Waals surface area contributed by atoms with Crippen molar-refractivity contribution in [3.63, 3.8) is 0 Å². The van der Waals surface area contributed by atoms with Crippen molar-refractivity contribution in [2.24, 2.45) is 0 Å². The molecule has 3 rings (SSSR count). The minimum absolute atomic E-state index is 0.890. The Hall–Kier alpha value is -1.63. The third kappa shape index (κ3) is 1.19. The van der Waals surface area contributed by atoms with Gasteiger partial charge in [0.05, 0.1) is 0 Å². The molecule has 0 N–H and O–H groups in total. The molecule has 0 heterocycles. The molecule has 74 valence electrons. The second kappa shape index (κ2) is 3.20. The van der Waals surface area contributed by atoms with Crippen LogP contribution in [0.5, 0.6) is 0 Å². The summed E-state index contributed by atoms with van der Waals surface area (Å²) in [6, 6.07) is 10.4. The number of aldehydes is 1. The summed E-state index contributed by atoms with van der Waals surface area (Å²) >= 11 is 0. The summed E-state index contributed by atoms with van der Waals surface area (Å²) in [5.74, 6) is 0. The summed E-state index contributed by atoms with van der Waals surface area (Å²) < 4.78 is 0. The normalized spacial score (nSPS) is 14.1. The minimum Gasteiger partial charge on any atom is -0.298 e.